The molecule has 1 aliphatic rings. The van der Waals surface area contributed by atoms with Crippen LogP contribution in [-0.2, 0) is 6.42 Å². The van der Waals surface area contributed by atoms with Crippen LogP contribution in [0.4, 0.5) is 5.69 Å². The van der Waals surface area contributed by atoms with Gasteiger partial charge < -0.3 is 4.98 Å². The van der Waals surface area contributed by atoms with E-state index in [1.165, 1.54) is 11.3 Å². The Kier molecular flexibility index (Phi) is 3.33. The number of H-pyrrole nitrogens is 1. The van der Waals surface area contributed by atoms with Crippen LogP contribution in [0.15, 0.2) is 53.5 Å². The molecular weight excluding hydrogens is 246 g/mol. The second kappa shape index (κ2) is 5.29. The minimum atomic E-state index is 0.973. The molecule has 0 radical (unpaired) electrons. The monoisotopic (exact) mass is 263 g/mol. The minimum Gasteiger partial charge on any atom is -0.342 e. The van der Waals surface area contributed by atoms with E-state index in [-0.39, 0.29) is 0 Å². The lowest BCUT2D eigenvalue weighted by molar-refractivity contribution is 1.17. The van der Waals surface area contributed by atoms with Crippen molar-refractivity contribution < 1.29 is 0 Å². The van der Waals surface area contributed by atoms with Gasteiger partial charge in [0.15, 0.2) is 0 Å². The quantitative estimate of drug-likeness (QED) is 0.648. The third kappa shape index (κ3) is 2.62. The van der Waals surface area contributed by atoms with Gasteiger partial charge in [0.05, 0.1) is 16.7 Å². The van der Waals surface area contributed by atoms with Crippen LogP contribution in [0, 0.1) is 6.92 Å². The van der Waals surface area contributed by atoms with Crippen molar-refractivity contribution in [2.45, 2.75) is 20.3 Å². The molecular formula is C17H17N3. The summed E-state index contributed by atoms with van der Waals surface area (Å²) in [6, 6.07) is 16.3. The molecule has 0 saturated carbocycles. The Bertz CT molecular complexity index is 736. The van der Waals surface area contributed by atoms with Crippen molar-refractivity contribution in [3.05, 3.63) is 59.9 Å². The summed E-state index contributed by atoms with van der Waals surface area (Å²) in [6.45, 7) is 4.03. The summed E-state index contributed by atoms with van der Waals surface area (Å²) >= 11 is 0. The first-order valence-corrected chi connectivity index (χ1v) is 6.76. The molecule has 3 aromatic rings. The molecule has 0 fully saturated rings. The number of aryl methyl sites for hydroxylation is 1. The third-order valence-electron chi connectivity index (χ3n) is 3.26. The average Bonchev–Trinajstić information content (AvgIpc) is 2.99. The highest BCUT2D eigenvalue weighted by Crippen LogP contribution is 2.25. The maximum atomic E-state index is 4.37. The fraction of sp³-hybridized carbons (Fsp3) is 0.176. The highest BCUT2D eigenvalue weighted by atomic mass is 14.9. The molecule has 0 aliphatic carbocycles. The Morgan fingerprint density at radius 2 is 1.70 bits per heavy atom. The molecule has 3 nitrogen and oxygen atoms in total. The number of fused-ring (bicyclic) bond motifs is 2. The summed E-state index contributed by atoms with van der Waals surface area (Å²) < 4.78 is 0. The highest BCUT2D eigenvalue weighted by molar-refractivity contribution is 5.91. The van der Waals surface area contributed by atoms with Gasteiger partial charge in [-0.05, 0) is 37.6 Å². The van der Waals surface area contributed by atoms with E-state index in [1.807, 2.05) is 37.3 Å². The zero-order valence-electron chi connectivity index (χ0n) is 11.7. The van der Waals surface area contributed by atoms with E-state index in [0.29, 0.717) is 0 Å². The van der Waals surface area contributed by atoms with Crippen molar-refractivity contribution in [3.8, 4) is 0 Å². The van der Waals surface area contributed by atoms with E-state index in [0.717, 1.165) is 29.0 Å². The van der Waals surface area contributed by atoms with Crippen LogP contribution < -0.4 is 0 Å². The van der Waals surface area contributed by atoms with Crippen LogP contribution in [-0.4, -0.2) is 15.7 Å². The van der Waals surface area contributed by atoms with Crippen LogP contribution in [0.2, 0.25) is 0 Å². The Balaban J connectivity index is 0.000000121. The maximum Gasteiger partial charge on any atom is 0.104 e. The first-order valence-electron chi connectivity index (χ1n) is 6.76. The van der Waals surface area contributed by atoms with Crippen molar-refractivity contribution in [1.82, 2.24) is 9.97 Å². The van der Waals surface area contributed by atoms with Crippen LogP contribution >= 0.6 is 0 Å². The van der Waals surface area contributed by atoms with Crippen LogP contribution in [0.5, 0.6) is 0 Å². The van der Waals surface area contributed by atoms with Gasteiger partial charge in [-0.2, -0.15) is 0 Å². The number of nitrogens with one attached hydrogen (secondary N) is 1. The van der Waals surface area contributed by atoms with Crippen molar-refractivity contribution >= 4 is 22.4 Å². The SMILES string of the molecule is CC1=Nc2ccccc2C1.Cc1nc2ccccc2[nH]1. The summed E-state index contributed by atoms with van der Waals surface area (Å²) in [5.41, 5.74) is 5.89. The molecule has 1 aliphatic heterocycles. The summed E-state index contributed by atoms with van der Waals surface area (Å²) in [6.07, 6.45) is 1.04. The van der Waals surface area contributed by atoms with Crippen molar-refractivity contribution in [1.29, 1.82) is 0 Å². The normalized spacial score (nSPS) is 12.6. The summed E-state index contributed by atoms with van der Waals surface area (Å²) in [7, 11) is 0. The second-order valence-electron chi connectivity index (χ2n) is 4.99. The lowest BCUT2D eigenvalue weighted by Gasteiger charge is -1.91. The van der Waals surface area contributed by atoms with Gasteiger partial charge in [0.25, 0.3) is 0 Å². The van der Waals surface area contributed by atoms with Crippen molar-refractivity contribution in [3.63, 3.8) is 0 Å². The molecule has 2 aromatic carbocycles. The number of hydrogen-bond donors (Lipinski definition) is 1. The number of rotatable bonds is 0. The Morgan fingerprint density at radius 1 is 0.950 bits per heavy atom. The number of para-hydroxylation sites is 3. The van der Waals surface area contributed by atoms with Gasteiger partial charge in [-0.1, -0.05) is 30.3 Å². The first-order chi connectivity index (χ1) is 9.72. The molecule has 3 heteroatoms. The van der Waals surface area contributed by atoms with E-state index < -0.39 is 0 Å². The predicted octanol–water partition coefficient (Wildman–Crippen LogP) is 4.21. The molecule has 0 amide bonds. The molecule has 0 atom stereocenters. The van der Waals surface area contributed by atoms with E-state index >= 15 is 0 Å². The summed E-state index contributed by atoms with van der Waals surface area (Å²) in [5.74, 6) is 0.973. The van der Waals surface area contributed by atoms with Gasteiger partial charge in [-0.25, -0.2) is 4.98 Å². The lowest BCUT2D eigenvalue weighted by atomic mass is 10.1. The molecule has 0 unspecified atom stereocenters. The third-order valence-corrected chi connectivity index (χ3v) is 3.26. The van der Waals surface area contributed by atoms with Gasteiger partial charge in [0, 0.05) is 12.1 Å². The standard InChI is InChI=1S/C9H9N.C8H8N2/c1-7-6-8-4-2-3-5-9(8)10-7;1-6-9-7-4-2-3-5-8(7)10-6/h2-5H,6H2,1H3;2-5H,1H3,(H,9,10). The zero-order valence-corrected chi connectivity index (χ0v) is 11.7. The number of nitrogens with zero attached hydrogens (tertiary/aromatic N) is 2. The largest absolute Gasteiger partial charge is 0.342 e. The van der Waals surface area contributed by atoms with E-state index in [4.69, 9.17) is 0 Å². The smallest absolute Gasteiger partial charge is 0.104 e. The average molecular weight is 263 g/mol. The van der Waals surface area contributed by atoms with Crippen LogP contribution in [0.25, 0.3) is 11.0 Å². The van der Waals surface area contributed by atoms with Gasteiger partial charge in [0.2, 0.25) is 0 Å². The molecule has 4 rings (SSSR count). The molecule has 0 bridgehead atoms. The first kappa shape index (κ1) is 12.6. The fourth-order valence-corrected chi connectivity index (χ4v) is 2.37. The van der Waals surface area contributed by atoms with E-state index in [2.05, 4.69) is 40.1 Å². The number of hydrogen-bond acceptors (Lipinski definition) is 2. The number of aromatic nitrogens is 2. The van der Waals surface area contributed by atoms with E-state index in [1.54, 1.807) is 0 Å². The highest BCUT2D eigenvalue weighted by Gasteiger charge is 2.08. The molecule has 2 heterocycles. The van der Waals surface area contributed by atoms with Crippen molar-refractivity contribution in [2.24, 2.45) is 4.99 Å². The van der Waals surface area contributed by atoms with Crippen molar-refractivity contribution in [2.75, 3.05) is 0 Å². The maximum absolute atomic E-state index is 4.37. The summed E-state index contributed by atoms with van der Waals surface area (Å²) in [5, 5.41) is 0. The molecule has 1 N–H and O–H groups in total. The number of aliphatic imine (C=N–C) groups is 1. The van der Waals surface area contributed by atoms with Gasteiger partial charge in [-0.15, -0.1) is 0 Å². The molecule has 1 aromatic heterocycles. The topological polar surface area (TPSA) is 41.0 Å². The summed E-state index contributed by atoms with van der Waals surface area (Å²) in [4.78, 5) is 11.8. The Morgan fingerprint density at radius 3 is 2.50 bits per heavy atom. The minimum absolute atomic E-state index is 0.973. The second-order valence-corrected chi connectivity index (χ2v) is 4.99. The van der Waals surface area contributed by atoms with E-state index in [9.17, 15) is 0 Å². The molecule has 20 heavy (non-hydrogen) atoms. The lowest BCUT2D eigenvalue weighted by Crippen LogP contribution is -1.87. The predicted molar refractivity (Wildman–Crippen MR) is 83.7 cm³/mol. The Hall–Kier alpha value is -2.42. The van der Waals surface area contributed by atoms with Gasteiger partial charge in [-0.3, -0.25) is 4.99 Å². The van der Waals surface area contributed by atoms with Crippen LogP contribution in [0.3, 0.4) is 0 Å². The van der Waals surface area contributed by atoms with Gasteiger partial charge >= 0.3 is 0 Å². The Labute approximate surface area is 118 Å². The molecule has 0 spiro atoms. The number of aromatic amines is 1. The molecule has 0 saturated heterocycles. The van der Waals surface area contributed by atoms with Crippen LogP contribution in [0.1, 0.15) is 18.3 Å². The molecule has 100 valence electrons. The zero-order chi connectivity index (χ0) is 13.9. The fourth-order valence-electron chi connectivity index (χ4n) is 2.37. The number of imidazole rings is 1. The number of benzene rings is 2. The van der Waals surface area contributed by atoms with Gasteiger partial charge in [0.1, 0.15) is 5.82 Å².